The number of hydrogen-bond acceptors (Lipinski definition) is 3. The summed E-state index contributed by atoms with van der Waals surface area (Å²) in [6, 6.07) is 1.38. The van der Waals surface area contributed by atoms with Crippen LogP contribution in [-0.4, -0.2) is 30.2 Å². The average molecular weight is 322 g/mol. The Kier molecular flexibility index (Phi) is 4.99. The van der Waals surface area contributed by atoms with Crippen LogP contribution in [0.25, 0.3) is 0 Å². The quantitative estimate of drug-likeness (QED) is 0.916. The summed E-state index contributed by atoms with van der Waals surface area (Å²) in [5, 5.41) is 3.41. The zero-order valence-electron chi connectivity index (χ0n) is 12.0. The minimum absolute atomic E-state index is 0.0384. The second-order valence-electron chi connectivity index (χ2n) is 5.57. The Hall–Kier alpha value is -1.01. The van der Waals surface area contributed by atoms with Gasteiger partial charge in [-0.15, -0.1) is 0 Å². The number of nitrogens with zero attached hydrogens (tertiary/aromatic N) is 2. The zero-order chi connectivity index (χ0) is 15.6. The fraction of sp³-hybridized carbons (Fsp3) is 0.643. The Bertz CT molecular complexity index is 485. The van der Waals surface area contributed by atoms with E-state index in [1.165, 1.54) is 0 Å². The van der Waals surface area contributed by atoms with Crippen LogP contribution in [0, 0.1) is 0 Å². The molecule has 3 nitrogen and oxygen atoms in total. The number of nitrogens with one attached hydrogen (secondary N) is 1. The van der Waals surface area contributed by atoms with E-state index < -0.39 is 11.7 Å². The predicted molar refractivity (Wildman–Crippen MR) is 77.8 cm³/mol. The largest absolute Gasteiger partial charge is 0.417 e. The maximum atomic E-state index is 12.7. The van der Waals surface area contributed by atoms with Gasteiger partial charge in [0.25, 0.3) is 0 Å². The standard InChI is InChI=1S/C14H19ClF3N3/c1-9(2)21(8-11-4-3-5-19-11)13-12(15)6-10(7-20-13)14(16,17)18/h6-7,9,11,19H,3-5,8H2,1-2H3. The van der Waals surface area contributed by atoms with Crippen LogP contribution in [0.4, 0.5) is 19.0 Å². The van der Waals surface area contributed by atoms with Crippen molar-refractivity contribution in [1.29, 1.82) is 0 Å². The van der Waals surface area contributed by atoms with Gasteiger partial charge in [0.05, 0.1) is 10.6 Å². The Morgan fingerprint density at radius 2 is 2.19 bits per heavy atom. The second kappa shape index (κ2) is 6.40. The van der Waals surface area contributed by atoms with Crippen molar-refractivity contribution in [2.24, 2.45) is 0 Å². The molecule has 1 N–H and O–H groups in total. The lowest BCUT2D eigenvalue weighted by molar-refractivity contribution is -0.137. The third kappa shape index (κ3) is 4.01. The monoisotopic (exact) mass is 321 g/mol. The van der Waals surface area contributed by atoms with Gasteiger partial charge in [0, 0.05) is 24.8 Å². The van der Waals surface area contributed by atoms with E-state index in [1.54, 1.807) is 0 Å². The van der Waals surface area contributed by atoms with Crippen LogP contribution in [0.15, 0.2) is 12.3 Å². The molecule has 0 aliphatic carbocycles. The molecule has 1 aliphatic heterocycles. The predicted octanol–water partition coefficient (Wildman–Crippen LogP) is 3.72. The molecule has 1 atom stereocenters. The minimum atomic E-state index is -4.43. The van der Waals surface area contributed by atoms with E-state index in [9.17, 15) is 13.2 Å². The summed E-state index contributed by atoms with van der Waals surface area (Å²) < 4.78 is 38.0. The van der Waals surface area contributed by atoms with Gasteiger partial charge in [-0.2, -0.15) is 13.2 Å². The van der Waals surface area contributed by atoms with E-state index in [4.69, 9.17) is 11.6 Å². The van der Waals surface area contributed by atoms with Crippen LogP contribution >= 0.6 is 11.6 Å². The van der Waals surface area contributed by atoms with Gasteiger partial charge in [0.1, 0.15) is 5.82 Å². The molecule has 2 heterocycles. The molecule has 1 aromatic rings. The first-order valence-corrected chi connectivity index (χ1v) is 7.39. The van der Waals surface area contributed by atoms with E-state index >= 15 is 0 Å². The second-order valence-corrected chi connectivity index (χ2v) is 5.97. The molecule has 7 heteroatoms. The summed E-state index contributed by atoms with van der Waals surface area (Å²) in [6.07, 6.45) is -1.41. The van der Waals surface area contributed by atoms with E-state index in [2.05, 4.69) is 10.3 Å². The lowest BCUT2D eigenvalue weighted by atomic mass is 10.2. The van der Waals surface area contributed by atoms with Gasteiger partial charge in [0.2, 0.25) is 0 Å². The fourth-order valence-corrected chi connectivity index (χ4v) is 2.76. The molecule has 1 aliphatic rings. The molecule has 118 valence electrons. The topological polar surface area (TPSA) is 28.2 Å². The molecule has 2 rings (SSSR count). The molecular formula is C14H19ClF3N3. The number of alkyl halides is 3. The molecule has 0 radical (unpaired) electrons. The lowest BCUT2D eigenvalue weighted by Gasteiger charge is -2.31. The van der Waals surface area contributed by atoms with E-state index in [1.807, 2.05) is 18.7 Å². The molecular weight excluding hydrogens is 303 g/mol. The first-order chi connectivity index (χ1) is 9.79. The van der Waals surface area contributed by atoms with Gasteiger partial charge in [-0.05, 0) is 39.3 Å². The molecule has 1 aromatic heterocycles. The number of halogens is 4. The molecule has 1 unspecified atom stereocenters. The van der Waals surface area contributed by atoms with Gasteiger partial charge in [-0.1, -0.05) is 11.6 Å². The minimum Gasteiger partial charge on any atom is -0.351 e. The van der Waals surface area contributed by atoms with E-state index in [-0.39, 0.29) is 11.1 Å². The molecule has 0 spiro atoms. The summed E-state index contributed by atoms with van der Waals surface area (Å²) in [5.41, 5.74) is -0.820. The van der Waals surface area contributed by atoms with Gasteiger partial charge in [0.15, 0.2) is 0 Å². The van der Waals surface area contributed by atoms with Gasteiger partial charge < -0.3 is 10.2 Å². The van der Waals surface area contributed by atoms with Crippen LogP contribution in [-0.2, 0) is 6.18 Å². The van der Waals surface area contributed by atoms with Crippen LogP contribution in [0.3, 0.4) is 0 Å². The molecule has 0 amide bonds. The van der Waals surface area contributed by atoms with Crippen molar-refractivity contribution in [3.05, 3.63) is 22.8 Å². The molecule has 21 heavy (non-hydrogen) atoms. The lowest BCUT2D eigenvalue weighted by Crippen LogP contribution is -2.42. The average Bonchev–Trinajstić information content (AvgIpc) is 2.88. The Morgan fingerprint density at radius 3 is 2.67 bits per heavy atom. The fourth-order valence-electron chi connectivity index (χ4n) is 2.49. The number of anilines is 1. The molecule has 0 bridgehead atoms. The van der Waals surface area contributed by atoms with Crippen molar-refractivity contribution >= 4 is 17.4 Å². The van der Waals surface area contributed by atoms with Gasteiger partial charge in [-0.25, -0.2) is 4.98 Å². The summed E-state index contributed by atoms with van der Waals surface area (Å²) in [7, 11) is 0. The van der Waals surface area contributed by atoms with Crippen molar-refractivity contribution in [1.82, 2.24) is 10.3 Å². The Labute approximate surface area is 127 Å². The SMILES string of the molecule is CC(C)N(CC1CCCN1)c1ncc(C(F)(F)F)cc1Cl. The number of aromatic nitrogens is 1. The van der Waals surface area contributed by atoms with Crippen LogP contribution in [0.2, 0.25) is 5.02 Å². The van der Waals surface area contributed by atoms with Crippen molar-refractivity contribution in [3.63, 3.8) is 0 Å². The smallest absolute Gasteiger partial charge is 0.351 e. The van der Waals surface area contributed by atoms with Crippen LogP contribution < -0.4 is 10.2 Å². The highest BCUT2D eigenvalue weighted by atomic mass is 35.5. The molecule has 0 aromatic carbocycles. The zero-order valence-corrected chi connectivity index (χ0v) is 12.8. The highest BCUT2D eigenvalue weighted by molar-refractivity contribution is 6.33. The third-order valence-corrected chi connectivity index (χ3v) is 3.90. The van der Waals surface area contributed by atoms with Crippen molar-refractivity contribution in [2.75, 3.05) is 18.0 Å². The summed E-state index contributed by atoms with van der Waals surface area (Å²) >= 11 is 6.04. The summed E-state index contributed by atoms with van der Waals surface area (Å²) in [6.45, 7) is 5.62. The highest BCUT2D eigenvalue weighted by Gasteiger charge is 2.32. The van der Waals surface area contributed by atoms with E-state index in [0.717, 1.165) is 31.6 Å². The van der Waals surface area contributed by atoms with Crippen molar-refractivity contribution < 1.29 is 13.2 Å². The maximum Gasteiger partial charge on any atom is 0.417 e. The normalized spacial score (nSPS) is 19.3. The number of hydrogen-bond donors (Lipinski definition) is 1. The number of rotatable bonds is 4. The maximum absolute atomic E-state index is 12.7. The highest BCUT2D eigenvalue weighted by Crippen LogP contribution is 2.34. The first kappa shape index (κ1) is 16.4. The van der Waals surface area contributed by atoms with Gasteiger partial charge in [-0.3, -0.25) is 0 Å². The summed E-state index contributed by atoms with van der Waals surface area (Å²) in [4.78, 5) is 5.90. The van der Waals surface area contributed by atoms with Crippen molar-refractivity contribution in [2.45, 2.75) is 44.9 Å². The number of pyridine rings is 1. The van der Waals surface area contributed by atoms with Gasteiger partial charge >= 0.3 is 6.18 Å². The Balaban J connectivity index is 2.23. The van der Waals surface area contributed by atoms with Crippen molar-refractivity contribution in [3.8, 4) is 0 Å². The first-order valence-electron chi connectivity index (χ1n) is 7.02. The molecule has 1 saturated heterocycles. The molecule has 0 saturated carbocycles. The van der Waals surface area contributed by atoms with Crippen LogP contribution in [0.5, 0.6) is 0 Å². The molecule has 1 fully saturated rings. The Morgan fingerprint density at radius 1 is 1.48 bits per heavy atom. The van der Waals surface area contributed by atoms with Crippen LogP contribution in [0.1, 0.15) is 32.3 Å². The third-order valence-electron chi connectivity index (χ3n) is 3.62. The summed E-state index contributed by atoms with van der Waals surface area (Å²) in [5.74, 6) is 0.411. The van der Waals surface area contributed by atoms with E-state index in [0.29, 0.717) is 18.4 Å².